The van der Waals surface area contributed by atoms with Gasteiger partial charge in [0.1, 0.15) is 6.10 Å². The highest BCUT2D eigenvalue weighted by molar-refractivity contribution is 6.68. The van der Waals surface area contributed by atoms with Gasteiger partial charge in [0.05, 0.1) is 0 Å². The topological polar surface area (TPSA) is 20.2 Å². The molecule has 1 unspecified atom stereocenters. The summed E-state index contributed by atoms with van der Waals surface area (Å²) in [6.45, 7) is 8.27. The van der Waals surface area contributed by atoms with Gasteiger partial charge in [0.15, 0.2) is 0 Å². The highest BCUT2D eigenvalue weighted by atomic mass is 35.6. The van der Waals surface area contributed by atoms with Crippen molar-refractivity contribution in [2.45, 2.75) is 44.0 Å². The van der Waals surface area contributed by atoms with Gasteiger partial charge in [0, 0.05) is 0 Å². The molecule has 1 nitrogen and oxygen atoms in total. The van der Waals surface area contributed by atoms with E-state index in [2.05, 4.69) is 20.8 Å². The molecule has 84 valence electrons. The van der Waals surface area contributed by atoms with E-state index in [9.17, 15) is 5.11 Å². The minimum atomic E-state index is -1.64. The molecule has 1 atom stereocenters. The molecule has 0 aromatic carbocycles. The summed E-state index contributed by atoms with van der Waals surface area (Å²) in [5.74, 6) is 0. The van der Waals surface area contributed by atoms with Gasteiger partial charge in [-0.05, 0) is 18.8 Å². The van der Waals surface area contributed by atoms with Crippen molar-refractivity contribution in [3.63, 3.8) is 0 Å². The zero-order valence-electron chi connectivity index (χ0n) is 8.94. The number of aliphatic hydroxyl groups is 1. The van der Waals surface area contributed by atoms with Crippen LogP contribution in [0.4, 0.5) is 0 Å². The highest BCUT2D eigenvalue weighted by Crippen LogP contribution is 2.32. The molecule has 14 heavy (non-hydrogen) atoms. The molecule has 0 aliphatic rings. The lowest BCUT2D eigenvalue weighted by atomic mass is 9.88. The van der Waals surface area contributed by atoms with Crippen LogP contribution in [0.15, 0.2) is 11.6 Å². The van der Waals surface area contributed by atoms with Crippen molar-refractivity contribution in [3.05, 3.63) is 11.6 Å². The van der Waals surface area contributed by atoms with E-state index in [4.69, 9.17) is 34.8 Å². The summed E-state index contributed by atoms with van der Waals surface area (Å²) < 4.78 is -1.64. The fraction of sp³-hybridized carbons (Fsp3) is 0.800. The van der Waals surface area contributed by atoms with Crippen LogP contribution in [0.1, 0.15) is 34.1 Å². The van der Waals surface area contributed by atoms with Gasteiger partial charge in [-0.1, -0.05) is 67.2 Å². The van der Waals surface area contributed by atoms with Gasteiger partial charge in [0.25, 0.3) is 0 Å². The summed E-state index contributed by atoms with van der Waals surface area (Å²) in [5, 5.41) is 9.48. The highest BCUT2D eigenvalue weighted by Gasteiger charge is 2.29. The zero-order valence-corrected chi connectivity index (χ0v) is 11.2. The van der Waals surface area contributed by atoms with Crippen LogP contribution in [0.2, 0.25) is 0 Å². The zero-order chi connectivity index (χ0) is 11.6. The maximum atomic E-state index is 9.48. The Morgan fingerprint density at radius 1 is 1.29 bits per heavy atom. The van der Waals surface area contributed by atoms with Gasteiger partial charge in [-0.25, -0.2) is 0 Å². The Hall–Kier alpha value is 0.570. The van der Waals surface area contributed by atoms with E-state index in [0.29, 0.717) is 0 Å². The van der Waals surface area contributed by atoms with Crippen molar-refractivity contribution < 1.29 is 5.11 Å². The van der Waals surface area contributed by atoms with Crippen LogP contribution in [0.25, 0.3) is 0 Å². The fourth-order valence-corrected chi connectivity index (χ4v) is 1.45. The van der Waals surface area contributed by atoms with Gasteiger partial charge in [-0.3, -0.25) is 0 Å². The van der Waals surface area contributed by atoms with Crippen LogP contribution >= 0.6 is 34.8 Å². The lowest BCUT2D eigenvalue weighted by Gasteiger charge is -2.21. The van der Waals surface area contributed by atoms with E-state index in [1.807, 2.05) is 6.92 Å². The molecule has 0 aromatic rings. The van der Waals surface area contributed by atoms with E-state index < -0.39 is 9.90 Å². The summed E-state index contributed by atoms with van der Waals surface area (Å²) >= 11 is 16.6. The average Bonchev–Trinajstić information content (AvgIpc) is 1.79. The first-order chi connectivity index (χ1) is 6.02. The van der Waals surface area contributed by atoms with Crippen molar-refractivity contribution in [1.29, 1.82) is 0 Å². The second-order valence-electron chi connectivity index (χ2n) is 4.74. The van der Waals surface area contributed by atoms with Gasteiger partial charge < -0.3 is 5.11 Å². The Bertz CT molecular complexity index is 210. The maximum absolute atomic E-state index is 9.48. The fourth-order valence-electron chi connectivity index (χ4n) is 1.26. The average molecular weight is 260 g/mol. The molecule has 0 heterocycles. The van der Waals surface area contributed by atoms with Crippen LogP contribution in [0.3, 0.4) is 0 Å². The minimum Gasteiger partial charge on any atom is -0.385 e. The largest absolute Gasteiger partial charge is 0.385 e. The second kappa shape index (κ2) is 5.07. The molecule has 0 spiro atoms. The molecule has 0 saturated heterocycles. The third kappa shape index (κ3) is 6.94. The molecular formula is C10H17Cl3O. The maximum Gasteiger partial charge on any atom is 0.219 e. The number of alkyl halides is 3. The van der Waals surface area contributed by atoms with Gasteiger partial charge >= 0.3 is 0 Å². The van der Waals surface area contributed by atoms with Crippen LogP contribution in [0.5, 0.6) is 0 Å². The number of allylic oxidation sites excluding steroid dienone is 1. The third-order valence-electron chi connectivity index (χ3n) is 1.59. The third-order valence-corrected chi connectivity index (χ3v) is 2.26. The van der Waals surface area contributed by atoms with Crippen molar-refractivity contribution in [2.75, 3.05) is 0 Å². The molecule has 1 N–H and O–H groups in total. The molecule has 0 fully saturated rings. The molecule has 0 radical (unpaired) electrons. The van der Waals surface area contributed by atoms with E-state index in [1.165, 1.54) is 0 Å². The molecule has 0 rings (SSSR count). The van der Waals surface area contributed by atoms with Crippen molar-refractivity contribution in [2.24, 2.45) is 5.41 Å². The molecule has 0 bridgehead atoms. The lowest BCUT2D eigenvalue weighted by Crippen LogP contribution is -2.23. The van der Waals surface area contributed by atoms with E-state index >= 15 is 0 Å². The van der Waals surface area contributed by atoms with Crippen molar-refractivity contribution in [3.8, 4) is 0 Å². The SMILES string of the molecule is CC(=CC(O)C(Cl)(Cl)Cl)CC(C)(C)C. The minimum absolute atomic E-state index is 0.175. The van der Waals surface area contributed by atoms with E-state index in [1.54, 1.807) is 6.08 Å². The van der Waals surface area contributed by atoms with Crippen LogP contribution in [0, 0.1) is 5.41 Å². The normalized spacial score (nSPS) is 17.0. The Labute approximate surface area is 101 Å². The van der Waals surface area contributed by atoms with Gasteiger partial charge in [-0.2, -0.15) is 0 Å². The number of aliphatic hydroxyl groups excluding tert-OH is 1. The van der Waals surface area contributed by atoms with Crippen LogP contribution < -0.4 is 0 Å². The van der Waals surface area contributed by atoms with E-state index in [-0.39, 0.29) is 5.41 Å². The standard InChI is InChI=1S/C10H17Cl3O/c1-7(6-9(2,3)4)5-8(14)10(11,12)13/h5,8,14H,6H2,1-4H3. The smallest absolute Gasteiger partial charge is 0.219 e. The van der Waals surface area contributed by atoms with Crippen molar-refractivity contribution in [1.82, 2.24) is 0 Å². The molecule has 0 saturated carbocycles. The molecule has 4 heteroatoms. The first kappa shape index (κ1) is 14.6. The quantitative estimate of drug-likeness (QED) is 0.585. The first-order valence-electron chi connectivity index (χ1n) is 4.44. The van der Waals surface area contributed by atoms with Gasteiger partial charge in [0.2, 0.25) is 3.79 Å². The molecule has 0 aliphatic heterocycles. The predicted octanol–water partition coefficient (Wildman–Crippen LogP) is 4.10. The summed E-state index contributed by atoms with van der Waals surface area (Å²) in [6, 6.07) is 0. The van der Waals surface area contributed by atoms with Gasteiger partial charge in [-0.15, -0.1) is 0 Å². The summed E-state index contributed by atoms with van der Waals surface area (Å²) in [4.78, 5) is 0. The Morgan fingerprint density at radius 2 is 1.71 bits per heavy atom. The number of hydrogen-bond acceptors (Lipinski definition) is 1. The molecular weight excluding hydrogens is 242 g/mol. The van der Waals surface area contributed by atoms with Crippen molar-refractivity contribution >= 4 is 34.8 Å². The lowest BCUT2D eigenvalue weighted by molar-refractivity contribution is 0.226. The van der Waals surface area contributed by atoms with E-state index in [0.717, 1.165) is 12.0 Å². The summed E-state index contributed by atoms with van der Waals surface area (Å²) in [5.41, 5.74) is 1.20. The number of hydrogen-bond donors (Lipinski definition) is 1. The molecule has 0 aromatic heterocycles. The Balaban J connectivity index is 4.39. The number of rotatable bonds is 2. The van der Waals surface area contributed by atoms with Crippen LogP contribution in [-0.2, 0) is 0 Å². The first-order valence-corrected chi connectivity index (χ1v) is 5.58. The Kier molecular flexibility index (Phi) is 5.27. The summed E-state index contributed by atoms with van der Waals surface area (Å²) in [7, 11) is 0. The summed E-state index contributed by atoms with van der Waals surface area (Å²) in [6.07, 6.45) is 1.41. The predicted molar refractivity (Wildman–Crippen MR) is 64.1 cm³/mol. The Morgan fingerprint density at radius 3 is 2.00 bits per heavy atom. The molecule has 0 amide bonds. The van der Waals surface area contributed by atoms with Crippen LogP contribution in [-0.4, -0.2) is 15.0 Å². The number of halogens is 3. The monoisotopic (exact) mass is 258 g/mol. The second-order valence-corrected chi connectivity index (χ2v) is 7.11. The molecule has 0 aliphatic carbocycles.